The summed E-state index contributed by atoms with van der Waals surface area (Å²) in [5, 5.41) is 1.13. The Morgan fingerprint density at radius 1 is 1.03 bits per heavy atom. The van der Waals surface area contributed by atoms with Crippen LogP contribution >= 0.6 is 11.3 Å². The molecule has 154 valence electrons. The standard InChI is InChI=1S/C23H23N3O3S/c27-23(8-6-17-5-7-19-20(15-17)29-14-13-28-19)26-11-9-25(10-12-26)16-22-24-18-3-1-2-4-21(18)30-22/h1-8,15H,9-14,16H2. The Bertz CT molecular complexity index is 1050. The first-order valence-electron chi connectivity index (χ1n) is 10.2. The highest BCUT2D eigenvalue weighted by molar-refractivity contribution is 7.18. The van der Waals surface area contributed by atoms with Crippen molar-refractivity contribution in [3.63, 3.8) is 0 Å². The van der Waals surface area contributed by atoms with Gasteiger partial charge in [0.1, 0.15) is 18.2 Å². The summed E-state index contributed by atoms with van der Waals surface area (Å²) in [6, 6.07) is 14.0. The largest absolute Gasteiger partial charge is 0.486 e. The topological polar surface area (TPSA) is 54.9 Å². The van der Waals surface area contributed by atoms with Crippen LogP contribution in [0.15, 0.2) is 48.5 Å². The number of rotatable bonds is 4. The number of hydrogen-bond donors (Lipinski definition) is 0. The van der Waals surface area contributed by atoms with Gasteiger partial charge in [0.05, 0.1) is 16.8 Å². The number of ether oxygens (including phenoxy) is 2. The Hall–Kier alpha value is -2.90. The van der Waals surface area contributed by atoms with Crippen LogP contribution in [0.25, 0.3) is 16.3 Å². The zero-order valence-corrected chi connectivity index (χ0v) is 17.4. The average Bonchev–Trinajstić information content (AvgIpc) is 3.20. The number of carbonyl (C=O) groups excluding carboxylic acids is 1. The van der Waals surface area contributed by atoms with Gasteiger partial charge in [-0.05, 0) is 35.9 Å². The van der Waals surface area contributed by atoms with Gasteiger partial charge < -0.3 is 14.4 Å². The van der Waals surface area contributed by atoms with Crippen molar-refractivity contribution in [3.8, 4) is 11.5 Å². The van der Waals surface area contributed by atoms with Gasteiger partial charge in [-0.25, -0.2) is 4.98 Å². The first kappa shape index (κ1) is 19.1. The second-order valence-corrected chi connectivity index (χ2v) is 8.53. The zero-order valence-electron chi connectivity index (χ0n) is 16.6. The lowest BCUT2D eigenvalue weighted by atomic mass is 10.1. The molecule has 1 aromatic heterocycles. The van der Waals surface area contributed by atoms with E-state index in [1.165, 1.54) is 4.70 Å². The van der Waals surface area contributed by atoms with Crippen LogP contribution in [0.4, 0.5) is 0 Å². The highest BCUT2D eigenvalue weighted by atomic mass is 32.1. The van der Waals surface area contributed by atoms with Gasteiger partial charge in [-0.3, -0.25) is 9.69 Å². The molecule has 0 unspecified atom stereocenters. The zero-order chi connectivity index (χ0) is 20.3. The number of thiazole rings is 1. The van der Waals surface area contributed by atoms with Crippen molar-refractivity contribution in [1.29, 1.82) is 0 Å². The lowest BCUT2D eigenvalue weighted by Gasteiger charge is -2.33. The average molecular weight is 422 g/mol. The maximum Gasteiger partial charge on any atom is 0.246 e. The predicted octanol–water partition coefficient (Wildman–Crippen LogP) is 3.43. The van der Waals surface area contributed by atoms with Crippen molar-refractivity contribution in [3.05, 3.63) is 59.1 Å². The smallest absolute Gasteiger partial charge is 0.246 e. The van der Waals surface area contributed by atoms with Crippen LogP contribution in [0.2, 0.25) is 0 Å². The fourth-order valence-electron chi connectivity index (χ4n) is 3.74. The van der Waals surface area contributed by atoms with E-state index in [2.05, 4.69) is 17.0 Å². The lowest BCUT2D eigenvalue weighted by Crippen LogP contribution is -2.47. The van der Waals surface area contributed by atoms with Crippen molar-refractivity contribution in [2.75, 3.05) is 39.4 Å². The van der Waals surface area contributed by atoms with Crippen molar-refractivity contribution in [2.24, 2.45) is 0 Å². The van der Waals surface area contributed by atoms with Crippen molar-refractivity contribution in [1.82, 2.24) is 14.8 Å². The molecule has 0 N–H and O–H groups in total. The quantitative estimate of drug-likeness (QED) is 0.604. The molecular weight excluding hydrogens is 398 g/mol. The molecule has 3 aromatic rings. The molecule has 5 rings (SSSR count). The number of piperazine rings is 1. The molecular formula is C23H23N3O3S. The molecule has 7 heteroatoms. The summed E-state index contributed by atoms with van der Waals surface area (Å²) in [5.74, 6) is 1.54. The minimum Gasteiger partial charge on any atom is -0.486 e. The first-order chi connectivity index (χ1) is 14.7. The summed E-state index contributed by atoms with van der Waals surface area (Å²) in [6.45, 7) is 5.16. The van der Waals surface area contributed by atoms with Gasteiger partial charge in [-0.1, -0.05) is 18.2 Å². The van der Waals surface area contributed by atoms with E-state index in [0.29, 0.717) is 13.2 Å². The first-order valence-corrected chi connectivity index (χ1v) is 11.0. The number of carbonyl (C=O) groups is 1. The highest BCUT2D eigenvalue weighted by Gasteiger charge is 2.20. The Kier molecular flexibility index (Phi) is 5.38. The number of amides is 1. The monoisotopic (exact) mass is 421 g/mol. The second-order valence-electron chi connectivity index (χ2n) is 7.41. The molecule has 3 heterocycles. The Morgan fingerprint density at radius 3 is 2.67 bits per heavy atom. The summed E-state index contributed by atoms with van der Waals surface area (Å²) in [5.41, 5.74) is 2.00. The van der Waals surface area contributed by atoms with E-state index in [0.717, 1.165) is 60.3 Å². The number of nitrogens with zero attached hydrogens (tertiary/aromatic N) is 3. The highest BCUT2D eigenvalue weighted by Crippen LogP contribution is 2.31. The summed E-state index contributed by atoms with van der Waals surface area (Å²) >= 11 is 1.75. The lowest BCUT2D eigenvalue weighted by molar-refractivity contribution is -0.127. The van der Waals surface area contributed by atoms with Crippen LogP contribution in [-0.4, -0.2) is 60.1 Å². The molecule has 1 saturated heterocycles. The van der Waals surface area contributed by atoms with E-state index in [4.69, 9.17) is 14.5 Å². The van der Waals surface area contributed by atoms with Gasteiger partial charge in [-0.15, -0.1) is 11.3 Å². The molecule has 2 aromatic carbocycles. The molecule has 0 saturated carbocycles. The van der Waals surface area contributed by atoms with Crippen molar-refractivity contribution < 1.29 is 14.3 Å². The molecule has 1 fully saturated rings. The van der Waals surface area contributed by atoms with E-state index < -0.39 is 0 Å². The van der Waals surface area contributed by atoms with Gasteiger partial charge in [0, 0.05) is 32.3 Å². The summed E-state index contributed by atoms with van der Waals surface area (Å²) in [4.78, 5) is 21.6. The minimum absolute atomic E-state index is 0.0459. The summed E-state index contributed by atoms with van der Waals surface area (Å²) < 4.78 is 12.4. The van der Waals surface area contributed by atoms with Crippen molar-refractivity contribution >= 4 is 33.5 Å². The van der Waals surface area contributed by atoms with Gasteiger partial charge in [0.25, 0.3) is 0 Å². The predicted molar refractivity (Wildman–Crippen MR) is 118 cm³/mol. The maximum absolute atomic E-state index is 12.6. The number of para-hydroxylation sites is 1. The van der Waals surface area contributed by atoms with Crippen LogP contribution in [-0.2, 0) is 11.3 Å². The SMILES string of the molecule is O=C(C=Cc1ccc2c(c1)OCCO2)N1CCN(Cc2nc3ccccc3s2)CC1. The van der Waals surface area contributed by atoms with Gasteiger partial charge in [0.2, 0.25) is 5.91 Å². The molecule has 6 nitrogen and oxygen atoms in total. The molecule has 0 aliphatic carbocycles. The number of hydrogen-bond acceptors (Lipinski definition) is 6. The molecule has 0 spiro atoms. The molecule has 30 heavy (non-hydrogen) atoms. The number of fused-ring (bicyclic) bond motifs is 2. The van der Waals surface area contributed by atoms with Crippen LogP contribution in [0.1, 0.15) is 10.6 Å². The van der Waals surface area contributed by atoms with E-state index in [1.807, 2.05) is 41.3 Å². The third-order valence-corrected chi connectivity index (χ3v) is 6.39. The number of aromatic nitrogens is 1. The molecule has 1 amide bonds. The Labute approximate surface area is 179 Å². The molecule has 0 radical (unpaired) electrons. The molecule has 0 atom stereocenters. The Balaban J connectivity index is 1.15. The van der Waals surface area contributed by atoms with E-state index >= 15 is 0 Å². The van der Waals surface area contributed by atoms with Crippen LogP contribution in [0.3, 0.4) is 0 Å². The van der Waals surface area contributed by atoms with Crippen LogP contribution in [0, 0.1) is 0 Å². The van der Waals surface area contributed by atoms with E-state index in [9.17, 15) is 4.79 Å². The van der Waals surface area contributed by atoms with Crippen LogP contribution in [0.5, 0.6) is 11.5 Å². The molecule has 0 bridgehead atoms. The van der Waals surface area contributed by atoms with Gasteiger partial charge in [-0.2, -0.15) is 0 Å². The summed E-state index contributed by atoms with van der Waals surface area (Å²) in [7, 11) is 0. The second kappa shape index (κ2) is 8.45. The third-order valence-electron chi connectivity index (χ3n) is 5.37. The van der Waals surface area contributed by atoms with E-state index in [1.54, 1.807) is 17.4 Å². The maximum atomic E-state index is 12.6. The van der Waals surface area contributed by atoms with Crippen LogP contribution < -0.4 is 9.47 Å². The van der Waals surface area contributed by atoms with Gasteiger partial charge in [0.15, 0.2) is 11.5 Å². The fraction of sp³-hybridized carbons (Fsp3) is 0.304. The Morgan fingerprint density at radius 2 is 1.83 bits per heavy atom. The van der Waals surface area contributed by atoms with Crippen molar-refractivity contribution in [2.45, 2.75) is 6.54 Å². The fourth-order valence-corrected chi connectivity index (χ4v) is 4.75. The minimum atomic E-state index is 0.0459. The van der Waals surface area contributed by atoms with E-state index in [-0.39, 0.29) is 5.91 Å². The normalized spacial score (nSPS) is 17.0. The number of benzene rings is 2. The molecule has 2 aliphatic heterocycles. The third kappa shape index (κ3) is 4.17. The van der Waals surface area contributed by atoms with Gasteiger partial charge >= 0.3 is 0 Å². The summed E-state index contributed by atoms with van der Waals surface area (Å²) in [6.07, 6.45) is 3.49. The molecule has 2 aliphatic rings.